The van der Waals surface area contributed by atoms with Gasteiger partial charge in [-0.25, -0.2) is 10.2 Å². The summed E-state index contributed by atoms with van der Waals surface area (Å²) in [4.78, 5) is 14.6. The highest BCUT2D eigenvalue weighted by Gasteiger charge is 2.28. The number of aromatic amines is 1. The van der Waals surface area contributed by atoms with Gasteiger partial charge < -0.3 is 4.74 Å². The number of morpholine rings is 1. The molecule has 2 aromatic rings. The van der Waals surface area contributed by atoms with Crippen molar-refractivity contribution in [1.29, 1.82) is 0 Å². The Morgan fingerprint density at radius 1 is 1.24 bits per heavy atom. The van der Waals surface area contributed by atoms with Gasteiger partial charge in [-0.2, -0.15) is 13.5 Å². The fourth-order valence-corrected chi connectivity index (χ4v) is 4.24. The normalized spacial score (nSPS) is 17.9. The average molecular weight is 420 g/mol. The van der Waals surface area contributed by atoms with Crippen LogP contribution in [0.15, 0.2) is 29.1 Å². The summed E-state index contributed by atoms with van der Waals surface area (Å²) in [5.74, 6) is 0. The van der Waals surface area contributed by atoms with Crippen LogP contribution in [-0.2, 0) is 32.1 Å². The van der Waals surface area contributed by atoms with Gasteiger partial charge in [-0.05, 0) is 24.5 Å². The minimum atomic E-state index is -3.74. The Kier molecular flexibility index (Phi) is 5.68. The zero-order chi connectivity index (χ0) is 20.4. The van der Waals surface area contributed by atoms with Crippen molar-refractivity contribution < 1.29 is 17.4 Å². The molecule has 10 heteroatoms. The SMILES string of the molecule is CS(=O)(=O)ON1CCCc2c1c(-c1cccc(CN3CCOCC3)c1)n[nH]c2=O. The molecule has 0 bridgehead atoms. The van der Waals surface area contributed by atoms with E-state index < -0.39 is 10.1 Å². The monoisotopic (exact) mass is 420 g/mol. The minimum Gasteiger partial charge on any atom is -0.379 e. The Morgan fingerprint density at radius 3 is 2.79 bits per heavy atom. The average Bonchev–Trinajstić information content (AvgIpc) is 2.69. The van der Waals surface area contributed by atoms with Crippen LogP contribution >= 0.6 is 0 Å². The fourth-order valence-electron chi connectivity index (χ4n) is 3.76. The van der Waals surface area contributed by atoms with Crippen LogP contribution in [0, 0.1) is 0 Å². The molecule has 2 aliphatic heterocycles. The van der Waals surface area contributed by atoms with Crippen molar-refractivity contribution in [3.63, 3.8) is 0 Å². The van der Waals surface area contributed by atoms with E-state index in [1.165, 1.54) is 5.06 Å². The van der Waals surface area contributed by atoms with Gasteiger partial charge in [0.25, 0.3) is 15.7 Å². The molecule has 0 saturated carbocycles. The zero-order valence-corrected chi connectivity index (χ0v) is 17.1. The van der Waals surface area contributed by atoms with E-state index in [0.29, 0.717) is 36.3 Å². The number of ether oxygens (including phenoxy) is 1. The summed E-state index contributed by atoms with van der Waals surface area (Å²) in [5, 5.41) is 8.07. The Balaban J connectivity index is 1.72. The van der Waals surface area contributed by atoms with Gasteiger partial charge in [0.05, 0.1) is 19.5 Å². The first-order valence-corrected chi connectivity index (χ1v) is 11.4. The highest BCUT2D eigenvalue weighted by molar-refractivity contribution is 7.86. The lowest BCUT2D eigenvalue weighted by molar-refractivity contribution is 0.0342. The number of hydrogen-bond donors (Lipinski definition) is 1. The molecule has 0 atom stereocenters. The maximum Gasteiger partial charge on any atom is 0.285 e. The highest BCUT2D eigenvalue weighted by Crippen LogP contribution is 2.34. The van der Waals surface area contributed by atoms with Crippen LogP contribution in [0.2, 0.25) is 0 Å². The van der Waals surface area contributed by atoms with Crippen LogP contribution in [0.3, 0.4) is 0 Å². The molecule has 0 spiro atoms. The summed E-state index contributed by atoms with van der Waals surface area (Å²) in [5.41, 5.74) is 3.00. The number of rotatable bonds is 5. The van der Waals surface area contributed by atoms with Gasteiger partial charge in [0, 0.05) is 37.3 Å². The molecule has 0 radical (unpaired) electrons. The summed E-state index contributed by atoms with van der Waals surface area (Å²) in [7, 11) is -3.74. The quantitative estimate of drug-likeness (QED) is 0.761. The predicted octanol–water partition coefficient (Wildman–Crippen LogP) is 0.913. The highest BCUT2D eigenvalue weighted by atomic mass is 32.2. The summed E-state index contributed by atoms with van der Waals surface area (Å²) in [6.07, 6.45) is 2.15. The molecule has 0 unspecified atom stereocenters. The molecule has 1 aromatic heterocycles. The summed E-state index contributed by atoms with van der Waals surface area (Å²) in [6, 6.07) is 7.90. The summed E-state index contributed by atoms with van der Waals surface area (Å²) in [6.45, 7) is 4.37. The van der Waals surface area contributed by atoms with Gasteiger partial charge in [-0.1, -0.05) is 18.2 Å². The first-order chi connectivity index (χ1) is 13.9. The molecule has 0 amide bonds. The van der Waals surface area contributed by atoms with E-state index in [1.54, 1.807) is 0 Å². The maximum atomic E-state index is 12.3. The number of hydrogen-bond acceptors (Lipinski definition) is 8. The molecule has 0 aliphatic carbocycles. The van der Waals surface area contributed by atoms with E-state index >= 15 is 0 Å². The van der Waals surface area contributed by atoms with E-state index in [9.17, 15) is 13.2 Å². The van der Waals surface area contributed by atoms with Gasteiger partial charge in [0.1, 0.15) is 11.4 Å². The van der Waals surface area contributed by atoms with E-state index in [0.717, 1.165) is 50.2 Å². The Bertz CT molecular complexity index is 1050. The first-order valence-electron chi connectivity index (χ1n) is 9.59. The molecule has 1 saturated heterocycles. The van der Waals surface area contributed by atoms with Crippen molar-refractivity contribution in [2.24, 2.45) is 0 Å². The molecule has 156 valence electrons. The number of benzene rings is 1. The number of nitrogens with one attached hydrogen (secondary N) is 1. The van der Waals surface area contributed by atoms with Crippen molar-refractivity contribution in [3.8, 4) is 11.3 Å². The second kappa shape index (κ2) is 8.23. The van der Waals surface area contributed by atoms with Gasteiger partial charge in [-0.3, -0.25) is 9.69 Å². The minimum absolute atomic E-state index is 0.324. The first kappa shape index (κ1) is 20.0. The van der Waals surface area contributed by atoms with Crippen molar-refractivity contribution in [2.45, 2.75) is 19.4 Å². The predicted molar refractivity (Wildman–Crippen MR) is 108 cm³/mol. The van der Waals surface area contributed by atoms with Gasteiger partial charge >= 0.3 is 0 Å². The topological polar surface area (TPSA) is 105 Å². The number of H-pyrrole nitrogens is 1. The third-order valence-electron chi connectivity index (χ3n) is 5.03. The number of anilines is 1. The van der Waals surface area contributed by atoms with Gasteiger partial charge in [0.15, 0.2) is 0 Å². The van der Waals surface area contributed by atoms with E-state index in [4.69, 9.17) is 9.02 Å². The van der Waals surface area contributed by atoms with Crippen molar-refractivity contribution in [3.05, 3.63) is 45.7 Å². The number of hydroxylamine groups is 1. The molecule has 1 aromatic carbocycles. The third kappa shape index (κ3) is 4.67. The lowest BCUT2D eigenvalue weighted by Crippen LogP contribution is -2.36. The van der Waals surface area contributed by atoms with Gasteiger partial charge in [0.2, 0.25) is 0 Å². The van der Waals surface area contributed by atoms with Crippen molar-refractivity contribution in [1.82, 2.24) is 15.1 Å². The lowest BCUT2D eigenvalue weighted by Gasteiger charge is -2.29. The zero-order valence-electron chi connectivity index (χ0n) is 16.3. The van der Waals surface area contributed by atoms with Crippen LogP contribution in [-0.4, -0.2) is 62.6 Å². The Morgan fingerprint density at radius 2 is 2.03 bits per heavy atom. The van der Waals surface area contributed by atoms with E-state index in [1.807, 2.05) is 24.3 Å². The summed E-state index contributed by atoms with van der Waals surface area (Å²) < 4.78 is 34.0. The second-order valence-corrected chi connectivity index (χ2v) is 8.86. The number of fused-ring (bicyclic) bond motifs is 1. The van der Waals surface area contributed by atoms with Crippen LogP contribution in [0.5, 0.6) is 0 Å². The number of aromatic nitrogens is 2. The summed E-state index contributed by atoms with van der Waals surface area (Å²) >= 11 is 0. The lowest BCUT2D eigenvalue weighted by atomic mass is 9.99. The molecule has 29 heavy (non-hydrogen) atoms. The second-order valence-electron chi connectivity index (χ2n) is 7.30. The molecule has 2 aliphatic rings. The number of nitrogens with zero attached hydrogens (tertiary/aromatic N) is 3. The standard InChI is InChI=1S/C19H24N4O5S/c1-29(25,26)28-23-7-3-6-16-18(23)17(20-21-19(16)24)15-5-2-4-14(12-15)13-22-8-10-27-11-9-22/h2,4-5,12H,3,6-11,13H2,1H3,(H,21,24). The van der Waals surface area contributed by atoms with Crippen LogP contribution in [0.1, 0.15) is 17.5 Å². The molecule has 1 N–H and O–H groups in total. The van der Waals surface area contributed by atoms with E-state index in [2.05, 4.69) is 15.1 Å². The fraction of sp³-hybridized carbons (Fsp3) is 0.474. The van der Waals surface area contributed by atoms with E-state index in [-0.39, 0.29) is 5.56 Å². The Hall–Kier alpha value is -2.27. The molecular formula is C19H24N4O5S. The third-order valence-corrected chi connectivity index (χ3v) is 5.48. The van der Waals surface area contributed by atoms with Gasteiger partial charge in [-0.15, -0.1) is 4.28 Å². The smallest absolute Gasteiger partial charge is 0.285 e. The molecular weight excluding hydrogens is 396 g/mol. The molecule has 3 heterocycles. The molecule has 9 nitrogen and oxygen atoms in total. The van der Waals surface area contributed by atoms with Crippen LogP contribution in [0.25, 0.3) is 11.3 Å². The van der Waals surface area contributed by atoms with Crippen LogP contribution < -0.4 is 10.6 Å². The largest absolute Gasteiger partial charge is 0.379 e. The Labute approximate surface area is 169 Å². The molecule has 4 rings (SSSR count). The maximum absolute atomic E-state index is 12.3. The van der Waals surface area contributed by atoms with Crippen molar-refractivity contribution in [2.75, 3.05) is 44.2 Å². The van der Waals surface area contributed by atoms with Crippen LogP contribution in [0.4, 0.5) is 5.69 Å². The molecule has 1 fully saturated rings. The van der Waals surface area contributed by atoms with Crippen molar-refractivity contribution >= 4 is 15.8 Å².